The highest BCUT2D eigenvalue weighted by molar-refractivity contribution is 5.86. The Labute approximate surface area is 170 Å². The number of benzene rings is 2. The monoisotopic (exact) mass is 386 g/mol. The van der Waals surface area contributed by atoms with Gasteiger partial charge in [-0.25, -0.2) is 9.78 Å². The number of nitrogens with one attached hydrogen (secondary N) is 1. The van der Waals surface area contributed by atoms with Crippen LogP contribution in [0.2, 0.25) is 0 Å². The lowest BCUT2D eigenvalue weighted by Gasteiger charge is -2.19. The second kappa shape index (κ2) is 7.07. The van der Waals surface area contributed by atoms with E-state index in [0.29, 0.717) is 5.92 Å². The van der Waals surface area contributed by atoms with E-state index in [-0.39, 0.29) is 5.69 Å². The molecule has 148 valence electrons. The van der Waals surface area contributed by atoms with E-state index < -0.39 is 0 Å². The van der Waals surface area contributed by atoms with Crippen molar-refractivity contribution in [3.05, 3.63) is 64.8 Å². The highest BCUT2D eigenvalue weighted by atomic mass is 16.1. The maximum Gasteiger partial charge on any atom is 0.328 e. The summed E-state index contributed by atoms with van der Waals surface area (Å²) in [6.45, 7) is 0. The molecular weight excluding hydrogens is 360 g/mol. The van der Waals surface area contributed by atoms with E-state index in [0.717, 1.165) is 39.4 Å². The van der Waals surface area contributed by atoms with E-state index in [2.05, 4.69) is 41.4 Å². The van der Waals surface area contributed by atoms with Crippen molar-refractivity contribution in [3.8, 4) is 22.5 Å². The van der Waals surface area contributed by atoms with Crippen LogP contribution in [-0.4, -0.2) is 19.1 Å². The summed E-state index contributed by atoms with van der Waals surface area (Å²) >= 11 is 0. The molecule has 1 aliphatic carbocycles. The second-order valence-electron chi connectivity index (χ2n) is 8.15. The van der Waals surface area contributed by atoms with Crippen LogP contribution in [0.1, 0.15) is 43.8 Å². The van der Waals surface area contributed by atoms with Crippen LogP contribution in [-0.2, 0) is 14.1 Å². The number of imidazole rings is 2. The van der Waals surface area contributed by atoms with Crippen molar-refractivity contribution in [2.45, 2.75) is 38.0 Å². The Hall–Kier alpha value is -3.08. The van der Waals surface area contributed by atoms with Crippen molar-refractivity contribution < 1.29 is 0 Å². The van der Waals surface area contributed by atoms with Crippen LogP contribution in [0, 0.1) is 0 Å². The molecule has 1 N–H and O–H groups in total. The topological polar surface area (TPSA) is 55.6 Å². The zero-order valence-corrected chi connectivity index (χ0v) is 17.0. The third-order valence-corrected chi connectivity index (χ3v) is 6.32. The smallest absolute Gasteiger partial charge is 0.328 e. The van der Waals surface area contributed by atoms with Gasteiger partial charge in [-0.15, -0.1) is 0 Å². The van der Waals surface area contributed by atoms with Gasteiger partial charge in [-0.2, -0.15) is 0 Å². The summed E-state index contributed by atoms with van der Waals surface area (Å²) in [4.78, 5) is 21.1. The predicted octanol–water partition coefficient (Wildman–Crippen LogP) is 4.98. The summed E-state index contributed by atoms with van der Waals surface area (Å²) < 4.78 is 3.39. The fraction of sp³-hybridized carbons (Fsp3) is 0.333. The average molecular weight is 386 g/mol. The van der Waals surface area contributed by atoms with Crippen LogP contribution < -0.4 is 5.69 Å². The second-order valence-corrected chi connectivity index (χ2v) is 8.15. The molecule has 1 saturated carbocycles. The molecule has 0 radical (unpaired) electrons. The molecule has 1 fully saturated rings. The number of hydrogen-bond acceptors (Lipinski definition) is 2. The van der Waals surface area contributed by atoms with Gasteiger partial charge in [0.05, 0.1) is 22.4 Å². The van der Waals surface area contributed by atoms with Gasteiger partial charge >= 0.3 is 5.69 Å². The molecule has 0 unspecified atom stereocenters. The zero-order chi connectivity index (χ0) is 20.0. The zero-order valence-electron chi connectivity index (χ0n) is 17.0. The summed E-state index contributed by atoms with van der Waals surface area (Å²) in [5.74, 6) is 1.60. The molecule has 5 heteroatoms. The van der Waals surface area contributed by atoms with Crippen molar-refractivity contribution in [1.29, 1.82) is 0 Å². The molecule has 1 aliphatic rings. The number of nitrogens with zero attached hydrogens (tertiary/aromatic N) is 3. The quantitative estimate of drug-likeness (QED) is 0.540. The number of aryl methyl sites for hydroxylation is 2. The maximum absolute atomic E-state index is 12.3. The van der Waals surface area contributed by atoms with E-state index in [1.54, 1.807) is 9.13 Å². The number of H-pyrrole nitrogens is 1. The Morgan fingerprint density at radius 2 is 1.62 bits per heavy atom. The van der Waals surface area contributed by atoms with Crippen LogP contribution in [0.15, 0.2) is 53.3 Å². The molecule has 0 bridgehead atoms. The molecule has 4 aromatic rings. The standard InChI is InChI=1S/C24H26N4O/c1-27-19-14-13-18(15-20(19)28(2)24(27)29)22-21(16-9-5-3-6-10-16)25-23(26-22)17-11-7-4-8-12-17/h3,5-6,9-10,13-15,17H,4,7-8,11-12H2,1-2H3,(H,25,26). The molecule has 0 atom stereocenters. The van der Waals surface area contributed by atoms with E-state index in [1.807, 2.05) is 26.2 Å². The fourth-order valence-electron chi connectivity index (χ4n) is 4.64. The highest BCUT2D eigenvalue weighted by Gasteiger charge is 2.22. The number of rotatable bonds is 3. The Morgan fingerprint density at radius 1 is 0.897 bits per heavy atom. The molecule has 2 aromatic heterocycles. The normalized spacial score (nSPS) is 15.2. The summed E-state index contributed by atoms with van der Waals surface area (Å²) in [5.41, 5.74) is 6.06. The fourth-order valence-corrected chi connectivity index (χ4v) is 4.64. The maximum atomic E-state index is 12.3. The van der Waals surface area contributed by atoms with Crippen LogP contribution in [0.4, 0.5) is 0 Å². The third-order valence-electron chi connectivity index (χ3n) is 6.32. The first-order valence-corrected chi connectivity index (χ1v) is 10.4. The number of hydrogen-bond donors (Lipinski definition) is 1. The van der Waals surface area contributed by atoms with E-state index in [1.165, 1.54) is 32.1 Å². The van der Waals surface area contributed by atoms with E-state index in [9.17, 15) is 4.79 Å². The summed E-state index contributed by atoms with van der Waals surface area (Å²) in [6, 6.07) is 16.6. The predicted molar refractivity (Wildman–Crippen MR) is 117 cm³/mol. The first kappa shape index (κ1) is 18.0. The highest BCUT2D eigenvalue weighted by Crippen LogP contribution is 2.37. The molecule has 2 aromatic carbocycles. The molecule has 5 nitrogen and oxygen atoms in total. The van der Waals surface area contributed by atoms with Crippen molar-refractivity contribution in [1.82, 2.24) is 19.1 Å². The number of aromatic amines is 1. The Morgan fingerprint density at radius 3 is 2.38 bits per heavy atom. The minimum atomic E-state index is -0.00893. The SMILES string of the molecule is Cn1c(=O)n(C)c2cc(-c3nc(C4CCCCC4)[nH]c3-c3ccccc3)ccc21. The van der Waals surface area contributed by atoms with E-state index >= 15 is 0 Å². The molecule has 5 rings (SSSR count). The van der Waals surface area contributed by atoms with Crippen molar-refractivity contribution in [2.24, 2.45) is 14.1 Å². The van der Waals surface area contributed by atoms with Gasteiger partial charge in [0, 0.05) is 31.1 Å². The van der Waals surface area contributed by atoms with Gasteiger partial charge in [0.2, 0.25) is 0 Å². The van der Waals surface area contributed by atoms with Gasteiger partial charge in [0.25, 0.3) is 0 Å². The molecule has 0 amide bonds. The Bertz CT molecular complexity index is 1220. The average Bonchev–Trinajstić information content (AvgIpc) is 3.31. The Kier molecular flexibility index (Phi) is 4.38. The molecular formula is C24H26N4O. The number of fused-ring (bicyclic) bond motifs is 1. The van der Waals surface area contributed by atoms with Crippen LogP contribution in [0.25, 0.3) is 33.5 Å². The molecule has 0 aliphatic heterocycles. The molecule has 0 saturated heterocycles. The molecule has 29 heavy (non-hydrogen) atoms. The van der Waals surface area contributed by atoms with E-state index in [4.69, 9.17) is 4.98 Å². The lowest BCUT2D eigenvalue weighted by Crippen LogP contribution is -2.19. The lowest BCUT2D eigenvalue weighted by molar-refractivity contribution is 0.431. The van der Waals surface area contributed by atoms with Gasteiger partial charge in [0.1, 0.15) is 5.82 Å². The minimum Gasteiger partial charge on any atom is -0.341 e. The van der Waals surface area contributed by atoms with Crippen LogP contribution >= 0.6 is 0 Å². The van der Waals surface area contributed by atoms with Crippen LogP contribution in [0.5, 0.6) is 0 Å². The first-order chi connectivity index (χ1) is 14.1. The Balaban J connectivity index is 1.69. The van der Waals surface area contributed by atoms with Gasteiger partial charge < -0.3 is 4.98 Å². The van der Waals surface area contributed by atoms with Gasteiger partial charge in [-0.1, -0.05) is 55.7 Å². The van der Waals surface area contributed by atoms with Gasteiger partial charge in [-0.3, -0.25) is 9.13 Å². The minimum absolute atomic E-state index is 0.00893. The number of aromatic nitrogens is 4. The van der Waals surface area contributed by atoms with Crippen molar-refractivity contribution in [2.75, 3.05) is 0 Å². The van der Waals surface area contributed by atoms with Crippen molar-refractivity contribution in [3.63, 3.8) is 0 Å². The van der Waals surface area contributed by atoms with Crippen LogP contribution in [0.3, 0.4) is 0 Å². The third kappa shape index (κ3) is 3.01. The van der Waals surface area contributed by atoms with Crippen molar-refractivity contribution >= 4 is 11.0 Å². The summed E-state index contributed by atoms with van der Waals surface area (Å²) in [6.07, 6.45) is 6.29. The summed E-state index contributed by atoms with van der Waals surface area (Å²) in [5, 5.41) is 0. The summed E-state index contributed by atoms with van der Waals surface area (Å²) in [7, 11) is 3.64. The first-order valence-electron chi connectivity index (χ1n) is 10.4. The van der Waals surface area contributed by atoms with Gasteiger partial charge in [-0.05, 0) is 25.0 Å². The van der Waals surface area contributed by atoms with Gasteiger partial charge in [0.15, 0.2) is 0 Å². The molecule has 2 heterocycles. The lowest BCUT2D eigenvalue weighted by atomic mass is 9.89. The molecule has 0 spiro atoms. The largest absolute Gasteiger partial charge is 0.341 e.